The van der Waals surface area contributed by atoms with Gasteiger partial charge in [0.25, 0.3) is 0 Å². The molecule has 7 nitrogen and oxygen atoms in total. The summed E-state index contributed by atoms with van der Waals surface area (Å²) in [5, 5.41) is 6.30. The highest BCUT2D eigenvalue weighted by atomic mass is 32.1. The molecule has 0 atom stereocenters. The lowest BCUT2D eigenvalue weighted by molar-refractivity contribution is 0.0524. The molecular formula is C15H17N5O2S. The highest BCUT2D eigenvalue weighted by Crippen LogP contribution is 2.08. The average molecular weight is 331 g/mol. The Bertz CT molecular complexity index is 694. The van der Waals surface area contributed by atoms with E-state index >= 15 is 0 Å². The predicted octanol–water partition coefficient (Wildman–Crippen LogP) is 1.84. The molecule has 0 saturated carbocycles. The molecule has 0 amide bonds. The Kier molecular flexibility index (Phi) is 5.93. The van der Waals surface area contributed by atoms with Crippen molar-refractivity contribution in [2.45, 2.75) is 20.4 Å². The first kappa shape index (κ1) is 16.8. The van der Waals surface area contributed by atoms with Gasteiger partial charge in [0.1, 0.15) is 0 Å². The van der Waals surface area contributed by atoms with Gasteiger partial charge in [-0.2, -0.15) is 0 Å². The maximum Gasteiger partial charge on any atom is 0.341 e. The van der Waals surface area contributed by atoms with E-state index in [0.717, 1.165) is 5.56 Å². The Hall–Kier alpha value is -2.61. The first-order valence-electron chi connectivity index (χ1n) is 7.04. The molecule has 120 valence electrons. The summed E-state index contributed by atoms with van der Waals surface area (Å²) in [7, 11) is 0. The molecule has 0 bridgehead atoms. The number of rotatable bonds is 5. The molecule has 0 aliphatic heterocycles. The van der Waals surface area contributed by atoms with Gasteiger partial charge in [-0.1, -0.05) is 6.07 Å². The van der Waals surface area contributed by atoms with Crippen molar-refractivity contribution in [1.82, 2.24) is 20.3 Å². The van der Waals surface area contributed by atoms with E-state index in [1.807, 2.05) is 12.1 Å². The van der Waals surface area contributed by atoms with Gasteiger partial charge < -0.3 is 15.4 Å². The normalized spacial score (nSPS) is 10.0. The van der Waals surface area contributed by atoms with E-state index in [2.05, 4.69) is 25.6 Å². The molecule has 0 radical (unpaired) electrons. The number of nitrogens with one attached hydrogen (secondary N) is 2. The molecule has 2 N–H and O–H groups in total. The monoisotopic (exact) mass is 331 g/mol. The summed E-state index contributed by atoms with van der Waals surface area (Å²) >= 11 is 5.19. The minimum Gasteiger partial charge on any atom is -0.462 e. The maximum atomic E-state index is 11.7. The van der Waals surface area contributed by atoms with Crippen molar-refractivity contribution >= 4 is 29.2 Å². The van der Waals surface area contributed by atoms with Crippen LogP contribution in [0.2, 0.25) is 0 Å². The summed E-state index contributed by atoms with van der Waals surface area (Å²) < 4.78 is 4.93. The second-order valence-electron chi connectivity index (χ2n) is 4.58. The summed E-state index contributed by atoms with van der Waals surface area (Å²) in [5.74, 6) is -0.118. The first-order chi connectivity index (χ1) is 11.1. The number of anilines is 1. The fourth-order valence-corrected chi connectivity index (χ4v) is 1.93. The molecule has 0 aliphatic rings. The van der Waals surface area contributed by atoms with Crippen LogP contribution in [-0.2, 0) is 11.3 Å². The first-order valence-corrected chi connectivity index (χ1v) is 7.45. The lowest BCUT2D eigenvalue weighted by Crippen LogP contribution is -2.29. The van der Waals surface area contributed by atoms with Crippen LogP contribution in [0.4, 0.5) is 5.95 Å². The second kappa shape index (κ2) is 8.14. The number of hydrogen-bond acceptors (Lipinski definition) is 6. The molecule has 2 aromatic rings. The number of aromatic nitrogens is 3. The van der Waals surface area contributed by atoms with Gasteiger partial charge in [-0.15, -0.1) is 0 Å². The number of hydrogen-bond donors (Lipinski definition) is 2. The van der Waals surface area contributed by atoms with Crippen LogP contribution in [0.5, 0.6) is 0 Å². The highest BCUT2D eigenvalue weighted by Gasteiger charge is 2.13. The Morgan fingerprint density at radius 1 is 1.39 bits per heavy atom. The van der Waals surface area contributed by atoms with Crippen molar-refractivity contribution in [1.29, 1.82) is 0 Å². The zero-order valence-electron chi connectivity index (χ0n) is 12.9. The number of thiocarbonyl (C=S) groups is 1. The third-order valence-electron chi connectivity index (χ3n) is 2.88. The molecule has 2 aromatic heterocycles. The molecule has 0 aromatic carbocycles. The fourth-order valence-electron chi connectivity index (χ4n) is 1.77. The van der Waals surface area contributed by atoms with Crippen LogP contribution in [0.1, 0.15) is 28.5 Å². The maximum absolute atomic E-state index is 11.7. The molecule has 0 aliphatic carbocycles. The topological polar surface area (TPSA) is 89.0 Å². The number of carbonyl (C=O) groups is 1. The molecule has 23 heavy (non-hydrogen) atoms. The van der Waals surface area contributed by atoms with Crippen LogP contribution >= 0.6 is 12.2 Å². The van der Waals surface area contributed by atoms with Gasteiger partial charge in [-0.25, -0.2) is 14.8 Å². The van der Waals surface area contributed by atoms with E-state index in [1.54, 1.807) is 26.2 Å². The van der Waals surface area contributed by atoms with Crippen molar-refractivity contribution in [3.8, 4) is 0 Å². The molecule has 0 spiro atoms. The number of aryl methyl sites for hydroxylation is 1. The lowest BCUT2D eigenvalue weighted by atomic mass is 10.2. The number of ether oxygens (including phenoxy) is 1. The number of esters is 1. The number of pyridine rings is 1. The van der Waals surface area contributed by atoms with Gasteiger partial charge in [0.05, 0.1) is 17.9 Å². The Balaban J connectivity index is 1.93. The third-order valence-corrected chi connectivity index (χ3v) is 3.12. The molecule has 2 rings (SSSR count). The Labute approximate surface area is 139 Å². The zero-order valence-corrected chi connectivity index (χ0v) is 13.7. The van der Waals surface area contributed by atoms with Crippen molar-refractivity contribution in [2.75, 3.05) is 11.9 Å². The second-order valence-corrected chi connectivity index (χ2v) is 4.99. The van der Waals surface area contributed by atoms with Gasteiger partial charge in [-0.3, -0.25) is 4.98 Å². The SMILES string of the molecule is CCOC(=O)c1cnc(NC(=S)NCc2cccnc2)nc1C. The van der Waals surface area contributed by atoms with E-state index in [1.165, 1.54) is 6.20 Å². The average Bonchev–Trinajstić information content (AvgIpc) is 2.54. The summed E-state index contributed by atoms with van der Waals surface area (Å²) in [4.78, 5) is 24.0. The number of nitrogens with zero attached hydrogens (tertiary/aromatic N) is 3. The van der Waals surface area contributed by atoms with Crippen LogP contribution in [0.25, 0.3) is 0 Å². The molecule has 0 fully saturated rings. The van der Waals surface area contributed by atoms with Crippen LogP contribution in [0.3, 0.4) is 0 Å². The van der Waals surface area contributed by atoms with Crippen LogP contribution in [0, 0.1) is 6.92 Å². The van der Waals surface area contributed by atoms with Gasteiger partial charge >= 0.3 is 5.97 Å². The minimum absolute atomic E-state index is 0.306. The fraction of sp³-hybridized carbons (Fsp3) is 0.267. The van der Waals surface area contributed by atoms with Gasteiger partial charge in [0.15, 0.2) is 5.11 Å². The quantitative estimate of drug-likeness (QED) is 0.634. The van der Waals surface area contributed by atoms with Gasteiger partial charge in [0.2, 0.25) is 5.95 Å². The molecule has 0 saturated heterocycles. The van der Waals surface area contributed by atoms with Crippen molar-refractivity contribution in [3.63, 3.8) is 0 Å². The van der Waals surface area contributed by atoms with E-state index in [9.17, 15) is 4.79 Å². The summed E-state index contributed by atoms with van der Waals surface area (Å²) in [6, 6.07) is 3.80. The van der Waals surface area contributed by atoms with Crippen LogP contribution in [-0.4, -0.2) is 32.6 Å². The van der Waals surface area contributed by atoms with Gasteiger partial charge in [-0.05, 0) is 37.7 Å². The Morgan fingerprint density at radius 3 is 2.87 bits per heavy atom. The van der Waals surface area contributed by atoms with Crippen LogP contribution in [0.15, 0.2) is 30.7 Å². The van der Waals surface area contributed by atoms with Crippen LogP contribution < -0.4 is 10.6 Å². The smallest absolute Gasteiger partial charge is 0.341 e. The van der Waals surface area contributed by atoms with Crippen molar-refractivity contribution < 1.29 is 9.53 Å². The summed E-state index contributed by atoms with van der Waals surface area (Å²) in [6.07, 6.45) is 4.89. The van der Waals surface area contributed by atoms with Crippen molar-refractivity contribution in [2.24, 2.45) is 0 Å². The molecular weight excluding hydrogens is 314 g/mol. The molecule has 8 heteroatoms. The Morgan fingerprint density at radius 2 is 2.22 bits per heavy atom. The van der Waals surface area contributed by atoms with E-state index in [4.69, 9.17) is 17.0 Å². The van der Waals surface area contributed by atoms with E-state index in [-0.39, 0.29) is 0 Å². The summed E-state index contributed by atoms with van der Waals surface area (Å²) in [6.45, 7) is 4.31. The van der Waals surface area contributed by atoms with Crippen molar-refractivity contribution in [3.05, 3.63) is 47.5 Å². The highest BCUT2D eigenvalue weighted by molar-refractivity contribution is 7.80. The number of carbonyl (C=O) groups excluding carboxylic acids is 1. The summed E-state index contributed by atoms with van der Waals surface area (Å²) in [5.41, 5.74) is 1.87. The largest absolute Gasteiger partial charge is 0.462 e. The molecule has 0 unspecified atom stereocenters. The lowest BCUT2D eigenvalue weighted by Gasteiger charge is -2.10. The zero-order chi connectivity index (χ0) is 16.7. The van der Waals surface area contributed by atoms with E-state index < -0.39 is 5.97 Å². The standard InChI is InChI=1S/C15H17N5O2S/c1-3-22-13(21)12-9-17-14(19-10(12)2)20-15(23)18-8-11-5-4-6-16-7-11/h4-7,9H,3,8H2,1-2H3,(H2,17,18,19,20,23). The third kappa shape index (κ3) is 4.96. The molecule has 2 heterocycles. The van der Waals surface area contributed by atoms with E-state index in [0.29, 0.717) is 35.5 Å². The van der Waals surface area contributed by atoms with Gasteiger partial charge in [0, 0.05) is 25.1 Å². The predicted molar refractivity (Wildman–Crippen MR) is 90.0 cm³/mol. The minimum atomic E-state index is -0.436.